The van der Waals surface area contributed by atoms with Gasteiger partial charge in [-0.2, -0.15) is 0 Å². The minimum Gasteiger partial charge on any atom is -0.468 e. The molecule has 0 fully saturated rings. The fraction of sp³-hybridized carbons (Fsp3) is 0.200. The molecule has 0 aromatic heterocycles. The molecule has 3 nitrogen and oxygen atoms in total. The van der Waals surface area contributed by atoms with Gasteiger partial charge in [-0.05, 0) is 10.8 Å². The molecular weight excluding hydrogens is 258 g/mol. The normalized spacial score (nSPS) is 10.2. The minimum absolute atomic E-state index is 0.151. The van der Waals surface area contributed by atoms with Gasteiger partial charge in [-0.3, -0.25) is 4.79 Å². The summed E-state index contributed by atoms with van der Waals surface area (Å²) in [5, 5.41) is 2.22. The molecule has 0 unspecified atom stereocenters. The molecule has 2 aromatic carbocycles. The third-order valence-electron chi connectivity index (χ3n) is 2.96. The summed E-state index contributed by atoms with van der Waals surface area (Å²) in [5.41, 5.74) is 0.958. The maximum atomic E-state index is 11.3. The number of carbonyl (C=O) groups is 1. The van der Waals surface area contributed by atoms with Crippen LogP contribution >= 0.6 is 12.2 Å². The highest BCUT2D eigenvalue weighted by Gasteiger charge is 2.13. The molecule has 0 heterocycles. The molecule has 0 atom stereocenters. The lowest BCUT2D eigenvalue weighted by Gasteiger charge is -2.19. The van der Waals surface area contributed by atoms with Crippen LogP contribution in [0.5, 0.6) is 0 Å². The van der Waals surface area contributed by atoms with Crippen molar-refractivity contribution in [3.8, 4) is 0 Å². The lowest BCUT2D eigenvalue weighted by Crippen LogP contribution is -2.32. The van der Waals surface area contributed by atoms with E-state index in [4.69, 9.17) is 12.2 Å². The molecule has 98 valence electrons. The van der Waals surface area contributed by atoms with Gasteiger partial charge in [-0.15, -0.1) is 0 Å². The zero-order valence-electron chi connectivity index (χ0n) is 10.9. The SMILES string of the molecule is COC(=O)CN(C)C(=S)c1cccc2ccccc12. The molecule has 0 saturated heterocycles. The van der Waals surface area contributed by atoms with Crippen LogP contribution < -0.4 is 0 Å². The summed E-state index contributed by atoms with van der Waals surface area (Å²) in [5.74, 6) is -0.301. The number of nitrogens with zero attached hydrogens (tertiary/aromatic N) is 1. The number of rotatable bonds is 3. The summed E-state index contributed by atoms with van der Waals surface area (Å²) in [6, 6.07) is 14.0. The largest absolute Gasteiger partial charge is 0.468 e. The number of fused-ring (bicyclic) bond motifs is 1. The van der Waals surface area contributed by atoms with Crippen molar-refractivity contribution in [3.05, 3.63) is 48.0 Å². The number of benzene rings is 2. The van der Waals surface area contributed by atoms with Gasteiger partial charge >= 0.3 is 5.97 Å². The molecular formula is C15H15NO2S. The summed E-state index contributed by atoms with van der Waals surface area (Å²) in [7, 11) is 3.16. The highest BCUT2D eigenvalue weighted by Crippen LogP contribution is 2.20. The van der Waals surface area contributed by atoms with Crippen molar-refractivity contribution in [1.29, 1.82) is 0 Å². The van der Waals surface area contributed by atoms with Crippen LogP contribution in [-0.2, 0) is 9.53 Å². The van der Waals surface area contributed by atoms with Crippen LogP contribution in [-0.4, -0.2) is 36.6 Å². The van der Waals surface area contributed by atoms with Gasteiger partial charge in [-0.1, -0.05) is 54.7 Å². The molecule has 0 aliphatic heterocycles. The number of thiocarbonyl (C=S) groups is 1. The molecule has 4 heteroatoms. The predicted octanol–water partition coefficient (Wildman–Crippen LogP) is 2.62. The van der Waals surface area contributed by atoms with Crippen LogP contribution in [0, 0.1) is 0 Å². The van der Waals surface area contributed by atoms with Crippen LogP contribution in [0.15, 0.2) is 42.5 Å². The molecule has 0 saturated carbocycles. The predicted molar refractivity (Wildman–Crippen MR) is 80.3 cm³/mol. The van der Waals surface area contributed by atoms with Crippen molar-refractivity contribution in [3.63, 3.8) is 0 Å². The third kappa shape index (κ3) is 2.90. The Kier molecular flexibility index (Phi) is 4.12. The van der Waals surface area contributed by atoms with Crippen molar-refractivity contribution < 1.29 is 9.53 Å². The second-order valence-electron chi connectivity index (χ2n) is 4.26. The van der Waals surface area contributed by atoms with E-state index in [2.05, 4.69) is 4.74 Å². The highest BCUT2D eigenvalue weighted by molar-refractivity contribution is 7.80. The van der Waals surface area contributed by atoms with Gasteiger partial charge in [0.15, 0.2) is 0 Å². The molecule has 0 amide bonds. The summed E-state index contributed by atoms with van der Waals surface area (Å²) in [4.78, 5) is 13.7. The van der Waals surface area contributed by atoms with Crippen LogP contribution in [0.25, 0.3) is 10.8 Å². The van der Waals surface area contributed by atoms with E-state index in [0.717, 1.165) is 16.3 Å². The van der Waals surface area contributed by atoms with Crippen molar-refractivity contribution in [1.82, 2.24) is 4.90 Å². The Morgan fingerprint density at radius 3 is 2.63 bits per heavy atom. The zero-order chi connectivity index (χ0) is 13.8. The van der Waals surface area contributed by atoms with Gasteiger partial charge in [0.2, 0.25) is 0 Å². The summed E-state index contributed by atoms with van der Waals surface area (Å²) >= 11 is 5.46. The molecule has 2 rings (SSSR count). The summed E-state index contributed by atoms with van der Waals surface area (Å²) in [6.07, 6.45) is 0. The first-order valence-corrected chi connectivity index (χ1v) is 6.34. The van der Waals surface area contributed by atoms with E-state index in [9.17, 15) is 4.79 Å². The van der Waals surface area contributed by atoms with E-state index in [-0.39, 0.29) is 12.5 Å². The van der Waals surface area contributed by atoms with E-state index < -0.39 is 0 Å². The Morgan fingerprint density at radius 1 is 1.21 bits per heavy atom. The van der Waals surface area contributed by atoms with Gasteiger partial charge in [0.05, 0.1) is 7.11 Å². The Bertz CT molecular complexity index is 619. The van der Waals surface area contributed by atoms with Gasteiger partial charge in [0.25, 0.3) is 0 Å². The Labute approximate surface area is 117 Å². The van der Waals surface area contributed by atoms with E-state index >= 15 is 0 Å². The second-order valence-corrected chi connectivity index (χ2v) is 4.65. The van der Waals surface area contributed by atoms with Crippen LogP contribution in [0.2, 0.25) is 0 Å². The lowest BCUT2D eigenvalue weighted by molar-refractivity contribution is -0.140. The van der Waals surface area contributed by atoms with Crippen LogP contribution in [0.1, 0.15) is 5.56 Å². The molecule has 0 N–H and O–H groups in total. The van der Waals surface area contributed by atoms with Gasteiger partial charge in [0, 0.05) is 12.6 Å². The first-order valence-electron chi connectivity index (χ1n) is 5.93. The molecule has 0 radical (unpaired) electrons. The number of methoxy groups -OCH3 is 1. The van der Waals surface area contributed by atoms with Crippen LogP contribution in [0.4, 0.5) is 0 Å². The number of hydrogen-bond donors (Lipinski definition) is 0. The number of carbonyl (C=O) groups excluding carboxylic acids is 1. The summed E-state index contributed by atoms with van der Waals surface area (Å²) < 4.78 is 4.65. The average molecular weight is 273 g/mol. The molecule has 0 aliphatic rings. The van der Waals surface area contributed by atoms with Gasteiger partial charge in [-0.25, -0.2) is 0 Å². The van der Waals surface area contributed by atoms with Crippen molar-refractivity contribution in [2.75, 3.05) is 20.7 Å². The van der Waals surface area contributed by atoms with E-state index in [0.29, 0.717) is 4.99 Å². The number of ether oxygens (including phenoxy) is 1. The molecule has 0 aliphatic carbocycles. The fourth-order valence-corrected chi connectivity index (χ4v) is 2.19. The van der Waals surface area contributed by atoms with Gasteiger partial charge < -0.3 is 9.64 Å². The zero-order valence-corrected chi connectivity index (χ0v) is 11.7. The van der Waals surface area contributed by atoms with Gasteiger partial charge in [0.1, 0.15) is 11.5 Å². The van der Waals surface area contributed by atoms with Crippen molar-refractivity contribution >= 4 is 33.9 Å². The Hall–Kier alpha value is -1.94. The third-order valence-corrected chi connectivity index (χ3v) is 3.49. The monoisotopic (exact) mass is 273 g/mol. The lowest BCUT2D eigenvalue weighted by atomic mass is 10.0. The first-order chi connectivity index (χ1) is 9.13. The quantitative estimate of drug-likeness (QED) is 0.635. The topological polar surface area (TPSA) is 29.5 Å². The first kappa shape index (κ1) is 13.5. The maximum Gasteiger partial charge on any atom is 0.325 e. The standard InChI is InChI=1S/C15H15NO2S/c1-16(10-14(17)18-2)15(19)13-9-5-7-11-6-3-4-8-12(11)13/h3-9H,10H2,1-2H3. The average Bonchev–Trinajstić information content (AvgIpc) is 2.45. The molecule has 2 aromatic rings. The summed E-state index contributed by atoms with van der Waals surface area (Å²) in [6.45, 7) is 0.151. The Balaban J connectivity index is 2.34. The molecule has 0 spiro atoms. The Morgan fingerprint density at radius 2 is 1.89 bits per heavy atom. The number of likely N-dealkylation sites (N-methyl/N-ethyl adjacent to an activating group) is 1. The second kappa shape index (κ2) is 5.80. The smallest absolute Gasteiger partial charge is 0.325 e. The number of esters is 1. The minimum atomic E-state index is -0.301. The molecule has 19 heavy (non-hydrogen) atoms. The highest BCUT2D eigenvalue weighted by atomic mass is 32.1. The van der Waals surface area contributed by atoms with Crippen LogP contribution in [0.3, 0.4) is 0 Å². The van der Waals surface area contributed by atoms with Crippen molar-refractivity contribution in [2.24, 2.45) is 0 Å². The van der Waals surface area contributed by atoms with Crippen molar-refractivity contribution in [2.45, 2.75) is 0 Å². The fourth-order valence-electron chi connectivity index (χ4n) is 1.95. The molecule has 0 bridgehead atoms. The number of hydrogen-bond acceptors (Lipinski definition) is 3. The van der Waals surface area contributed by atoms with E-state index in [1.165, 1.54) is 7.11 Å². The maximum absolute atomic E-state index is 11.3. The van der Waals surface area contributed by atoms with E-state index in [1.807, 2.05) is 42.5 Å². The van der Waals surface area contributed by atoms with E-state index in [1.54, 1.807) is 11.9 Å².